The molecule has 0 saturated carbocycles. The van der Waals surface area contributed by atoms with E-state index in [-0.39, 0.29) is 14.8 Å². The minimum atomic E-state index is -3.73. The van der Waals surface area contributed by atoms with E-state index in [2.05, 4.69) is 25.5 Å². The second-order valence-electron chi connectivity index (χ2n) is 4.89. The molecule has 0 aliphatic heterocycles. The van der Waals surface area contributed by atoms with Crippen molar-refractivity contribution in [3.05, 3.63) is 0 Å². The average molecular weight is 376 g/mol. The van der Waals surface area contributed by atoms with Gasteiger partial charge < -0.3 is 20.6 Å². The average Bonchev–Trinajstić information content (AvgIpc) is 2.51. The molecule has 0 rings (SSSR count). The van der Waals surface area contributed by atoms with Crippen LogP contribution >= 0.6 is 0 Å². The highest BCUT2D eigenvalue weighted by molar-refractivity contribution is 7.84. The Hall–Kier alpha value is -0.940. The molecule has 4 N–H and O–H groups in total. The highest BCUT2D eigenvalue weighted by Gasteiger charge is 2.38. The summed E-state index contributed by atoms with van der Waals surface area (Å²) in [6.45, 7) is 17.0. The maximum Gasteiger partial charge on any atom is 0.424 e. The van der Waals surface area contributed by atoms with Crippen molar-refractivity contribution in [3.8, 4) is 0 Å². The fraction of sp³-hybridized carbons (Fsp3) is 0.929. The second kappa shape index (κ2) is 15.6. The number of ether oxygens (including phenoxy) is 1. The maximum absolute atomic E-state index is 11.9. The first-order chi connectivity index (χ1) is 10.2. The van der Waals surface area contributed by atoms with Crippen LogP contribution in [0.2, 0.25) is 0 Å². The van der Waals surface area contributed by atoms with E-state index >= 15 is 0 Å². The monoisotopic (exact) mass is 375 g/mol. The summed E-state index contributed by atoms with van der Waals surface area (Å²) in [5.41, 5.74) is 0. The molecule has 9 nitrogen and oxygen atoms in total. The lowest BCUT2D eigenvalue weighted by atomic mass is 10.5. The minimum Gasteiger partial charge on any atom is -0.870 e. The standard InChI is InChI=1S/C8H18N2O4S.C6H15N.2H2O/c1-5-10(6-2,7-3)15(12,13)9-8(11)14-4;1-4-7(5-2)6-3;;/h5-7H2,1-4H3;4-6H2,1-3H3;2*1H2. The third-order valence-electron chi connectivity index (χ3n) is 4.14. The summed E-state index contributed by atoms with van der Waals surface area (Å²) in [6, 6.07) is 0. The van der Waals surface area contributed by atoms with Crippen molar-refractivity contribution in [2.75, 3.05) is 46.4 Å². The smallest absolute Gasteiger partial charge is 0.424 e. The van der Waals surface area contributed by atoms with E-state index in [4.69, 9.17) is 0 Å². The van der Waals surface area contributed by atoms with Gasteiger partial charge in [0.25, 0.3) is 0 Å². The van der Waals surface area contributed by atoms with Crippen LogP contribution in [0.25, 0.3) is 0 Å². The molecule has 0 heterocycles. The summed E-state index contributed by atoms with van der Waals surface area (Å²) in [5, 5.41) is 0. The first-order valence-corrected chi connectivity index (χ1v) is 9.48. The van der Waals surface area contributed by atoms with Gasteiger partial charge >= 0.3 is 16.3 Å². The molecule has 150 valence electrons. The Bertz CT molecular complexity index is 382. The largest absolute Gasteiger partial charge is 0.870 e. The van der Waals surface area contributed by atoms with E-state index in [9.17, 15) is 13.2 Å². The SMILES string of the molecule is CC[N+](CC)(CC)S(=O)(=O)NC(=O)OC.CC[NH+](CC)CC.[OH-].[OH-]. The number of rotatable bonds is 8. The van der Waals surface area contributed by atoms with Crippen LogP contribution in [0.4, 0.5) is 4.79 Å². The van der Waals surface area contributed by atoms with Crippen LogP contribution < -0.4 is 9.62 Å². The van der Waals surface area contributed by atoms with E-state index in [0.717, 1.165) is 7.11 Å². The fourth-order valence-electron chi connectivity index (χ4n) is 2.17. The number of carbonyl (C=O) groups excluding carboxylic acids is 1. The summed E-state index contributed by atoms with van der Waals surface area (Å²) in [7, 11) is -2.60. The van der Waals surface area contributed by atoms with Crippen LogP contribution in [-0.4, -0.2) is 75.7 Å². The van der Waals surface area contributed by atoms with Crippen LogP contribution in [0, 0.1) is 0 Å². The maximum atomic E-state index is 11.9. The van der Waals surface area contributed by atoms with Crippen molar-refractivity contribution < 1.29 is 37.7 Å². The molecule has 0 fully saturated rings. The summed E-state index contributed by atoms with van der Waals surface area (Å²) in [4.78, 5) is 12.6. The van der Waals surface area contributed by atoms with Gasteiger partial charge in [-0.05, 0) is 41.5 Å². The lowest BCUT2D eigenvalue weighted by Gasteiger charge is -2.32. The van der Waals surface area contributed by atoms with Gasteiger partial charge in [0.15, 0.2) is 0 Å². The molecule has 0 radical (unpaired) electrons. The molecular weight excluding hydrogens is 338 g/mol. The number of hydrogen-bond donors (Lipinski definition) is 2. The van der Waals surface area contributed by atoms with Crippen molar-refractivity contribution >= 4 is 16.3 Å². The van der Waals surface area contributed by atoms with E-state index in [1.807, 2.05) is 4.72 Å². The molecule has 0 aliphatic carbocycles. The normalized spacial score (nSPS) is 10.7. The van der Waals surface area contributed by atoms with Gasteiger partial charge in [0, 0.05) is 0 Å². The van der Waals surface area contributed by atoms with Crippen molar-refractivity contribution in [2.45, 2.75) is 41.5 Å². The van der Waals surface area contributed by atoms with Crippen LogP contribution in [0.5, 0.6) is 0 Å². The molecule has 1 amide bonds. The molecular formula is C14H37N3O6S. The third-order valence-corrected chi connectivity index (χ3v) is 6.36. The molecule has 0 aromatic rings. The number of methoxy groups -OCH3 is 1. The Balaban J connectivity index is -0.000000191. The quantitative estimate of drug-likeness (QED) is 0.575. The molecule has 10 heteroatoms. The van der Waals surface area contributed by atoms with Gasteiger partial charge in [-0.2, -0.15) is 13.1 Å². The Morgan fingerprint density at radius 3 is 1.42 bits per heavy atom. The predicted octanol–water partition coefficient (Wildman–Crippen LogP) is 0.0411. The number of nitrogens with zero attached hydrogens (tertiary/aromatic N) is 1. The summed E-state index contributed by atoms with van der Waals surface area (Å²) >= 11 is 0. The molecule has 0 aromatic heterocycles. The molecule has 0 saturated heterocycles. The zero-order chi connectivity index (χ0) is 17.8. The van der Waals surface area contributed by atoms with Gasteiger partial charge in [0.2, 0.25) is 0 Å². The van der Waals surface area contributed by atoms with Gasteiger partial charge in [-0.3, -0.25) is 0 Å². The summed E-state index contributed by atoms with van der Waals surface area (Å²) < 4.78 is 29.7. The van der Waals surface area contributed by atoms with Gasteiger partial charge in [-0.25, -0.2) is 8.68 Å². The minimum absolute atomic E-state index is 0. The molecule has 0 aromatic carbocycles. The van der Waals surface area contributed by atoms with Gasteiger partial charge in [0.1, 0.15) is 0 Å². The lowest BCUT2D eigenvalue weighted by Crippen LogP contribution is -3.11. The first-order valence-electron chi connectivity index (χ1n) is 8.04. The predicted molar refractivity (Wildman–Crippen MR) is 92.8 cm³/mol. The number of nitrogens with one attached hydrogen (secondary N) is 2. The lowest BCUT2D eigenvalue weighted by molar-refractivity contribution is -0.894. The summed E-state index contributed by atoms with van der Waals surface area (Å²) in [5.74, 6) is 0. The molecule has 0 unspecified atom stereocenters. The van der Waals surface area contributed by atoms with E-state index in [0.29, 0.717) is 19.6 Å². The molecule has 0 aliphatic rings. The highest BCUT2D eigenvalue weighted by Crippen LogP contribution is 2.12. The number of hydrogen-bond acceptors (Lipinski definition) is 6. The summed E-state index contributed by atoms with van der Waals surface area (Å²) in [6.07, 6.45) is -0.951. The van der Waals surface area contributed by atoms with Crippen molar-refractivity contribution in [1.82, 2.24) is 4.72 Å². The Morgan fingerprint density at radius 2 is 1.25 bits per heavy atom. The van der Waals surface area contributed by atoms with Gasteiger partial charge in [-0.15, -0.1) is 0 Å². The zero-order valence-corrected chi connectivity index (χ0v) is 16.9. The Kier molecular flexibility index (Phi) is 20.1. The fourth-order valence-corrected chi connectivity index (χ4v) is 3.68. The van der Waals surface area contributed by atoms with Gasteiger partial charge in [0.05, 0.1) is 46.4 Å². The van der Waals surface area contributed by atoms with Crippen LogP contribution in [0.1, 0.15) is 41.5 Å². The highest BCUT2D eigenvalue weighted by atomic mass is 32.2. The zero-order valence-electron chi connectivity index (χ0n) is 16.1. The van der Waals surface area contributed by atoms with Crippen molar-refractivity contribution in [1.29, 1.82) is 0 Å². The van der Waals surface area contributed by atoms with Crippen molar-refractivity contribution in [3.63, 3.8) is 0 Å². The van der Waals surface area contributed by atoms with E-state index in [1.54, 1.807) is 25.7 Å². The number of amides is 1. The number of carbonyl (C=O) groups is 1. The van der Waals surface area contributed by atoms with E-state index in [1.165, 1.54) is 19.6 Å². The van der Waals surface area contributed by atoms with Crippen LogP contribution in [0.15, 0.2) is 0 Å². The van der Waals surface area contributed by atoms with E-state index < -0.39 is 16.3 Å². The van der Waals surface area contributed by atoms with Crippen LogP contribution in [-0.2, 0) is 14.9 Å². The Labute approximate surface area is 147 Å². The third kappa shape index (κ3) is 9.38. The topological polar surface area (TPSA) is 137 Å². The van der Waals surface area contributed by atoms with Gasteiger partial charge in [-0.1, -0.05) is 0 Å². The molecule has 0 spiro atoms. The first kappa shape index (κ1) is 30.9. The van der Waals surface area contributed by atoms with Crippen LogP contribution in [0.3, 0.4) is 0 Å². The molecule has 0 bridgehead atoms. The number of quaternary nitrogens is 2. The molecule has 24 heavy (non-hydrogen) atoms. The second-order valence-corrected chi connectivity index (χ2v) is 6.82. The Morgan fingerprint density at radius 1 is 0.917 bits per heavy atom. The molecule has 0 atom stereocenters. The van der Waals surface area contributed by atoms with Crippen molar-refractivity contribution in [2.24, 2.45) is 0 Å².